The lowest BCUT2D eigenvalue weighted by Crippen LogP contribution is -2.60. The number of aliphatic hydroxyl groups excluding tert-OH is 3. The number of hydrogen-bond acceptors (Lipinski definition) is 12. The van der Waals surface area contributed by atoms with Crippen LogP contribution in [-0.2, 0) is 9.47 Å². The van der Waals surface area contributed by atoms with Crippen LogP contribution in [0.2, 0.25) is 0 Å². The normalized spacial score (nSPS) is 24.2. The molecule has 2 aromatic carbocycles. The second-order valence-corrected chi connectivity index (χ2v) is 7.29. The number of rotatable bonds is 8. The van der Waals surface area contributed by atoms with E-state index in [1.807, 2.05) is 0 Å². The number of aromatic hydroxyl groups is 2. The Morgan fingerprint density at radius 3 is 2.09 bits per heavy atom. The highest BCUT2D eigenvalue weighted by atomic mass is 16.7. The molecule has 186 valence electrons. The van der Waals surface area contributed by atoms with Crippen molar-refractivity contribution >= 4 is 5.97 Å². The maximum atomic E-state index is 12.5. The SMILES string of the molecule is COc1cc(O[C@@H]2O[C@H](COC(=O)c3cc(OC)c(O)c(OC)c3)[C@@H](O)[C@H](O)[C@H]2O)ccc1O. The fourth-order valence-corrected chi connectivity index (χ4v) is 3.27. The first kappa shape index (κ1) is 25.2. The molecule has 12 nitrogen and oxygen atoms in total. The first-order chi connectivity index (χ1) is 16.2. The first-order valence-corrected chi connectivity index (χ1v) is 10.1. The summed E-state index contributed by atoms with van der Waals surface area (Å²) in [5.41, 5.74) is -0.0126. The molecule has 1 aliphatic rings. The molecule has 5 N–H and O–H groups in total. The summed E-state index contributed by atoms with van der Waals surface area (Å²) >= 11 is 0. The zero-order valence-corrected chi connectivity index (χ0v) is 18.6. The van der Waals surface area contributed by atoms with Gasteiger partial charge in [-0.15, -0.1) is 0 Å². The van der Waals surface area contributed by atoms with Gasteiger partial charge in [-0.2, -0.15) is 0 Å². The monoisotopic (exact) mass is 482 g/mol. The number of methoxy groups -OCH3 is 3. The van der Waals surface area contributed by atoms with Crippen molar-refractivity contribution in [2.45, 2.75) is 30.7 Å². The zero-order valence-electron chi connectivity index (χ0n) is 18.6. The molecule has 0 radical (unpaired) electrons. The Hall–Kier alpha value is -3.45. The summed E-state index contributed by atoms with van der Waals surface area (Å²) in [5.74, 6) is -1.07. The van der Waals surface area contributed by atoms with Crippen molar-refractivity contribution in [2.24, 2.45) is 0 Å². The Morgan fingerprint density at radius 2 is 1.50 bits per heavy atom. The largest absolute Gasteiger partial charge is 0.504 e. The van der Waals surface area contributed by atoms with Gasteiger partial charge in [0.25, 0.3) is 0 Å². The Balaban J connectivity index is 1.71. The summed E-state index contributed by atoms with van der Waals surface area (Å²) < 4.78 is 31.3. The van der Waals surface area contributed by atoms with Crippen LogP contribution >= 0.6 is 0 Å². The lowest BCUT2D eigenvalue weighted by molar-refractivity contribution is -0.277. The van der Waals surface area contributed by atoms with Gasteiger partial charge in [-0.05, 0) is 24.3 Å². The first-order valence-electron chi connectivity index (χ1n) is 10.1. The van der Waals surface area contributed by atoms with Gasteiger partial charge in [0.05, 0.1) is 26.9 Å². The van der Waals surface area contributed by atoms with E-state index in [9.17, 15) is 30.3 Å². The molecule has 0 unspecified atom stereocenters. The molecule has 1 saturated heterocycles. The summed E-state index contributed by atoms with van der Waals surface area (Å²) in [5, 5.41) is 50.5. The average molecular weight is 482 g/mol. The van der Waals surface area contributed by atoms with Gasteiger partial charge in [0.1, 0.15) is 36.8 Å². The van der Waals surface area contributed by atoms with Crippen molar-refractivity contribution in [1.82, 2.24) is 0 Å². The minimum atomic E-state index is -1.67. The molecule has 0 amide bonds. The predicted octanol–water partition coefficient (Wildman–Crippen LogP) is 0.167. The number of benzene rings is 2. The lowest BCUT2D eigenvalue weighted by atomic mass is 9.99. The Bertz CT molecular complexity index is 984. The number of hydrogen-bond donors (Lipinski definition) is 5. The average Bonchev–Trinajstić information content (AvgIpc) is 2.84. The summed E-state index contributed by atoms with van der Waals surface area (Å²) in [4.78, 5) is 12.5. The van der Waals surface area contributed by atoms with E-state index >= 15 is 0 Å². The molecule has 2 aromatic rings. The third kappa shape index (κ3) is 5.20. The number of phenolic OH excluding ortho intramolecular Hbond substituents is 2. The third-order valence-corrected chi connectivity index (χ3v) is 5.17. The van der Waals surface area contributed by atoms with E-state index < -0.39 is 43.3 Å². The molecule has 0 aromatic heterocycles. The highest BCUT2D eigenvalue weighted by Crippen LogP contribution is 2.37. The predicted molar refractivity (Wildman–Crippen MR) is 113 cm³/mol. The molecule has 0 spiro atoms. The number of aliphatic hydroxyl groups is 3. The van der Waals surface area contributed by atoms with Crippen molar-refractivity contribution < 1.29 is 58.7 Å². The van der Waals surface area contributed by atoms with Crippen LogP contribution in [0, 0.1) is 0 Å². The van der Waals surface area contributed by atoms with E-state index in [-0.39, 0.29) is 40.1 Å². The van der Waals surface area contributed by atoms with E-state index in [1.165, 1.54) is 51.7 Å². The summed E-state index contributed by atoms with van der Waals surface area (Å²) in [6.45, 7) is -0.506. The number of carbonyl (C=O) groups is 1. The molecule has 1 fully saturated rings. The van der Waals surface area contributed by atoms with Crippen LogP contribution in [0.1, 0.15) is 10.4 Å². The fraction of sp³-hybridized carbons (Fsp3) is 0.409. The highest BCUT2D eigenvalue weighted by Gasteiger charge is 2.45. The maximum Gasteiger partial charge on any atom is 0.338 e. The Morgan fingerprint density at radius 1 is 0.882 bits per heavy atom. The lowest BCUT2D eigenvalue weighted by Gasteiger charge is -2.39. The molecule has 3 rings (SSSR count). The van der Waals surface area contributed by atoms with Crippen LogP contribution in [-0.4, -0.2) is 90.1 Å². The molecule has 12 heteroatoms. The van der Waals surface area contributed by atoms with E-state index in [4.69, 9.17) is 28.4 Å². The van der Waals surface area contributed by atoms with Crippen LogP contribution in [0.3, 0.4) is 0 Å². The van der Waals surface area contributed by atoms with Gasteiger partial charge in [-0.1, -0.05) is 0 Å². The topological polar surface area (TPSA) is 174 Å². The van der Waals surface area contributed by atoms with Crippen LogP contribution in [0.5, 0.6) is 34.5 Å². The molecular weight excluding hydrogens is 456 g/mol. The Labute approximate surface area is 194 Å². The van der Waals surface area contributed by atoms with Gasteiger partial charge < -0.3 is 54.0 Å². The van der Waals surface area contributed by atoms with Crippen LogP contribution < -0.4 is 18.9 Å². The third-order valence-electron chi connectivity index (χ3n) is 5.17. The zero-order chi connectivity index (χ0) is 25.0. The quantitative estimate of drug-likeness (QED) is 0.323. The van der Waals surface area contributed by atoms with Crippen molar-refractivity contribution in [1.29, 1.82) is 0 Å². The molecule has 0 aliphatic carbocycles. The number of ether oxygens (including phenoxy) is 6. The minimum absolute atomic E-state index is 0.0126. The second-order valence-electron chi connectivity index (χ2n) is 7.29. The fourth-order valence-electron chi connectivity index (χ4n) is 3.27. The van der Waals surface area contributed by atoms with E-state index in [1.54, 1.807) is 0 Å². The van der Waals surface area contributed by atoms with Gasteiger partial charge in [0.15, 0.2) is 23.0 Å². The maximum absolute atomic E-state index is 12.5. The van der Waals surface area contributed by atoms with Gasteiger partial charge in [-0.25, -0.2) is 4.79 Å². The summed E-state index contributed by atoms with van der Waals surface area (Å²) in [7, 11) is 3.94. The van der Waals surface area contributed by atoms with Crippen LogP contribution in [0.4, 0.5) is 0 Å². The summed E-state index contributed by atoms with van der Waals surface area (Å²) in [6, 6.07) is 6.49. The standard InChI is InChI=1S/C22H26O12/c1-29-13-8-11(4-5-12(13)23)33-22-20(27)19(26)18(25)16(34-22)9-32-21(28)10-6-14(30-2)17(24)15(7-10)31-3/h4-8,16,18-20,22-27H,9H2,1-3H3/t16-,18-,19+,20-,22-/m1/s1. The van der Waals surface area contributed by atoms with E-state index in [0.717, 1.165) is 0 Å². The molecule has 0 saturated carbocycles. The molecule has 0 bridgehead atoms. The van der Waals surface area contributed by atoms with E-state index in [0.29, 0.717) is 0 Å². The van der Waals surface area contributed by atoms with Crippen LogP contribution in [0.15, 0.2) is 30.3 Å². The van der Waals surface area contributed by atoms with Gasteiger partial charge in [0, 0.05) is 6.07 Å². The van der Waals surface area contributed by atoms with Crippen molar-refractivity contribution in [3.8, 4) is 34.5 Å². The molecule has 5 atom stereocenters. The van der Waals surface area contributed by atoms with Crippen molar-refractivity contribution in [2.75, 3.05) is 27.9 Å². The van der Waals surface area contributed by atoms with E-state index in [2.05, 4.69) is 0 Å². The highest BCUT2D eigenvalue weighted by molar-refractivity contribution is 5.91. The summed E-state index contributed by atoms with van der Waals surface area (Å²) in [6.07, 6.45) is -7.60. The smallest absolute Gasteiger partial charge is 0.338 e. The van der Waals surface area contributed by atoms with Crippen molar-refractivity contribution in [3.05, 3.63) is 35.9 Å². The van der Waals surface area contributed by atoms with Gasteiger partial charge in [-0.3, -0.25) is 0 Å². The molecule has 1 heterocycles. The molecular formula is C22H26O12. The van der Waals surface area contributed by atoms with Gasteiger partial charge >= 0.3 is 5.97 Å². The second kappa shape index (κ2) is 10.7. The number of phenols is 2. The van der Waals surface area contributed by atoms with Crippen LogP contribution in [0.25, 0.3) is 0 Å². The molecule has 1 aliphatic heterocycles. The van der Waals surface area contributed by atoms with Gasteiger partial charge in [0.2, 0.25) is 12.0 Å². The number of carbonyl (C=O) groups excluding carboxylic acids is 1. The molecule has 34 heavy (non-hydrogen) atoms. The Kier molecular flexibility index (Phi) is 7.89. The minimum Gasteiger partial charge on any atom is -0.504 e. The van der Waals surface area contributed by atoms with Crippen molar-refractivity contribution in [3.63, 3.8) is 0 Å². The number of esters is 1.